The first-order valence-electron chi connectivity index (χ1n) is 8.07. The van der Waals surface area contributed by atoms with E-state index in [-0.39, 0.29) is 5.41 Å². The van der Waals surface area contributed by atoms with Crippen LogP contribution >= 0.6 is 0 Å². The zero-order valence-corrected chi connectivity index (χ0v) is 12.2. The van der Waals surface area contributed by atoms with Crippen LogP contribution in [-0.4, -0.2) is 11.6 Å². The molecule has 0 amide bonds. The number of hydrogen-bond donors (Lipinski definition) is 0. The van der Waals surface area contributed by atoms with Gasteiger partial charge in [-0.05, 0) is 55.9 Å². The summed E-state index contributed by atoms with van der Waals surface area (Å²) in [4.78, 5) is 23.9. The number of hydrogen-bond acceptors (Lipinski definition) is 2. The van der Waals surface area contributed by atoms with Gasteiger partial charge in [0.05, 0.1) is 0 Å². The largest absolute Gasteiger partial charge is 0.300 e. The third kappa shape index (κ3) is 1.57. The highest BCUT2D eigenvalue weighted by Crippen LogP contribution is 2.56. The van der Waals surface area contributed by atoms with Crippen LogP contribution < -0.4 is 0 Å². The highest BCUT2D eigenvalue weighted by molar-refractivity contribution is 5.89. The highest BCUT2D eigenvalue weighted by atomic mass is 16.1. The van der Waals surface area contributed by atoms with Crippen molar-refractivity contribution < 1.29 is 9.59 Å². The second-order valence-electron chi connectivity index (χ2n) is 7.29. The fourth-order valence-electron chi connectivity index (χ4n) is 5.22. The molecule has 0 aromatic rings. The van der Waals surface area contributed by atoms with Gasteiger partial charge in [0.2, 0.25) is 0 Å². The molecule has 4 atom stereocenters. The molecular weight excluding hydrogens is 248 g/mol. The van der Waals surface area contributed by atoms with E-state index < -0.39 is 0 Å². The Morgan fingerprint density at radius 2 is 1.95 bits per heavy atom. The molecule has 0 bridgehead atoms. The molecule has 0 heterocycles. The molecule has 2 nitrogen and oxygen atoms in total. The van der Waals surface area contributed by atoms with Gasteiger partial charge < -0.3 is 0 Å². The fourth-order valence-corrected chi connectivity index (χ4v) is 5.22. The molecule has 0 spiro atoms. The Labute approximate surface area is 120 Å². The Kier molecular flexibility index (Phi) is 2.61. The smallest absolute Gasteiger partial charge is 0.142 e. The predicted molar refractivity (Wildman–Crippen MR) is 77.1 cm³/mol. The van der Waals surface area contributed by atoms with Crippen molar-refractivity contribution in [1.29, 1.82) is 0 Å². The molecule has 4 rings (SSSR count). The van der Waals surface area contributed by atoms with Crippen LogP contribution in [-0.2, 0) is 9.59 Å². The molecule has 0 saturated heterocycles. The second-order valence-corrected chi connectivity index (χ2v) is 7.29. The third-order valence-corrected chi connectivity index (χ3v) is 6.38. The van der Waals surface area contributed by atoms with Crippen LogP contribution in [0.5, 0.6) is 0 Å². The summed E-state index contributed by atoms with van der Waals surface area (Å²) >= 11 is 0. The van der Waals surface area contributed by atoms with Crippen molar-refractivity contribution in [2.75, 3.05) is 0 Å². The van der Waals surface area contributed by atoms with E-state index in [1.54, 1.807) is 5.57 Å². The van der Waals surface area contributed by atoms with Gasteiger partial charge in [0.15, 0.2) is 0 Å². The number of allylic oxidation sites excluding steroid dienone is 4. The third-order valence-electron chi connectivity index (χ3n) is 6.38. The van der Waals surface area contributed by atoms with E-state index in [1.807, 2.05) is 0 Å². The van der Waals surface area contributed by atoms with E-state index in [4.69, 9.17) is 0 Å². The lowest BCUT2D eigenvalue weighted by atomic mass is 9.59. The summed E-state index contributed by atoms with van der Waals surface area (Å²) in [6.07, 6.45) is 11.1. The Bertz CT molecular complexity index is 554. The number of carbonyl (C=O) groups excluding carboxylic acids is 2. The molecule has 0 aromatic carbocycles. The van der Waals surface area contributed by atoms with Crippen LogP contribution in [0.25, 0.3) is 0 Å². The van der Waals surface area contributed by atoms with Crippen molar-refractivity contribution in [2.24, 2.45) is 23.2 Å². The first-order chi connectivity index (χ1) is 9.59. The molecule has 0 aromatic heterocycles. The maximum atomic E-state index is 12.2. The molecule has 4 aliphatic rings. The standard InChI is InChI=1S/C18H22O2/c1-18-9-8-14-13-5-3-12(19)10-11(13)2-4-15(14)16(18)6-7-17(18)20/h8-9,11,15-16H,2-7,10H2,1H3/t11?,15-,16+,18+/m1/s1. The van der Waals surface area contributed by atoms with Crippen molar-refractivity contribution in [3.05, 3.63) is 23.3 Å². The Balaban J connectivity index is 1.77. The van der Waals surface area contributed by atoms with Gasteiger partial charge in [-0.1, -0.05) is 17.7 Å². The van der Waals surface area contributed by atoms with E-state index >= 15 is 0 Å². The molecule has 2 heteroatoms. The Morgan fingerprint density at radius 1 is 1.10 bits per heavy atom. The average Bonchev–Trinajstić information content (AvgIpc) is 2.74. The van der Waals surface area contributed by atoms with Crippen LogP contribution in [0.1, 0.15) is 51.9 Å². The SMILES string of the molecule is C[C@]12C=CC3=C4CCC(=O)CC4CC[C@H]3[C@@H]1CCC2=O. The van der Waals surface area contributed by atoms with E-state index in [9.17, 15) is 9.59 Å². The molecule has 20 heavy (non-hydrogen) atoms. The van der Waals surface area contributed by atoms with Gasteiger partial charge in [-0.2, -0.15) is 0 Å². The van der Waals surface area contributed by atoms with Crippen molar-refractivity contribution in [3.63, 3.8) is 0 Å². The van der Waals surface area contributed by atoms with Gasteiger partial charge in [0.1, 0.15) is 11.6 Å². The van der Waals surface area contributed by atoms with E-state index in [1.165, 1.54) is 12.0 Å². The summed E-state index contributed by atoms with van der Waals surface area (Å²) in [5.41, 5.74) is 2.86. The highest BCUT2D eigenvalue weighted by Gasteiger charge is 2.51. The number of fused-ring (bicyclic) bond motifs is 4. The van der Waals surface area contributed by atoms with Crippen molar-refractivity contribution in [3.8, 4) is 0 Å². The number of rotatable bonds is 0. The summed E-state index contributed by atoms with van der Waals surface area (Å²) < 4.78 is 0. The molecule has 0 aliphatic heterocycles. The van der Waals surface area contributed by atoms with Gasteiger partial charge in [-0.15, -0.1) is 0 Å². The van der Waals surface area contributed by atoms with Gasteiger partial charge >= 0.3 is 0 Å². The normalized spacial score (nSPS) is 43.4. The van der Waals surface area contributed by atoms with Gasteiger partial charge in [0.25, 0.3) is 0 Å². The minimum absolute atomic E-state index is 0.202. The van der Waals surface area contributed by atoms with Crippen LogP contribution in [0.4, 0.5) is 0 Å². The van der Waals surface area contributed by atoms with E-state index in [2.05, 4.69) is 19.1 Å². The van der Waals surface area contributed by atoms with Crippen LogP contribution in [0.3, 0.4) is 0 Å². The van der Waals surface area contributed by atoms with Gasteiger partial charge in [-0.25, -0.2) is 0 Å². The lowest BCUT2D eigenvalue weighted by molar-refractivity contribution is -0.124. The minimum Gasteiger partial charge on any atom is -0.300 e. The second kappa shape index (κ2) is 4.16. The van der Waals surface area contributed by atoms with Crippen LogP contribution in [0.15, 0.2) is 23.3 Å². The van der Waals surface area contributed by atoms with Crippen LogP contribution in [0, 0.1) is 23.2 Å². The molecule has 1 unspecified atom stereocenters. The molecule has 0 radical (unpaired) electrons. The van der Waals surface area contributed by atoms with Gasteiger partial charge in [0, 0.05) is 24.7 Å². The lowest BCUT2D eigenvalue weighted by Crippen LogP contribution is -2.38. The first kappa shape index (κ1) is 12.6. The van der Waals surface area contributed by atoms with E-state index in [0.29, 0.717) is 29.3 Å². The molecule has 4 aliphatic carbocycles. The Hall–Kier alpha value is -1.18. The molecule has 0 N–H and O–H groups in total. The maximum absolute atomic E-state index is 12.2. The lowest BCUT2D eigenvalue weighted by Gasteiger charge is -2.44. The molecule has 2 saturated carbocycles. The van der Waals surface area contributed by atoms with Crippen molar-refractivity contribution in [2.45, 2.75) is 51.9 Å². The summed E-state index contributed by atoms with van der Waals surface area (Å²) in [6.45, 7) is 2.14. The molecule has 106 valence electrons. The summed E-state index contributed by atoms with van der Waals surface area (Å²) in [6, 6.07) is 0. The first-order valence-corrected chi connectivity index (χ1v) is 8.07. The summed E-state index contributed by atoms with van der Waals surface area (Å²) in [5, 5.41) is 0. The summed E-state index contributed by atoms with van der Waals surface area (Å²) in [5.74, 6) is 2.48. The van der Waals surface area contributed by atoms with E-state index in [0.717, 1.165) is 38.5 Å². The number of Topliss-reactive ketones (excluding diaryl/α,β-unsaturated/α-hetero) is 2. The van der Waals surface area contributed by atoms with Crippen molar-refractivity contribution >= 4 is 11.6 Å². The average molecular weight is 270 g/mol. The molecular formula is C18H22O2. The van der Waals surface area contributed by atoms with Crippen molar-refractivity contribution in [1.82, 2.24) is 0 Å². The zero-order chi connectivity index (χ0) is 13.9. The Morgan fingerprint density at radius 3 is 2.80 bits per heavy atom. The van der Waals surface area contributed by atoms with Crippen LogP contribution in [0.2, 0.25) is 0 Å². The predicted octanol–water partition coefficient (Wildman–Crippen LogP) is 3.62. The number of carbonyl (C=O) groups is 2. The number of ketones is 2. The monoisotopic (exact) mass is 270 g/mol. The fraction of sp³-hybridized carbons (Fsp3) is 0.667. The van der Waals surface area contributed by atoms with Gasteiger partial charge in [-0.3, -0.25) is 9.59 Å². The zero-order valence-electron chi connectivity index (χ0n) is 12.2. The topological polar surface area (TPSA) is 34.1 Å². The quantitative estimate of drug-likeness (QED) is 0.673. The maximum Gasteiger partial charge on any atom is 0.142 e. The minimum atomic E-state index is -0.202. The summed E-state index contributed by atoms with van der Waals surface area (Å²) in [7, 11) is 0. The molecule has 2 fully saturated rings.